The summed E-state index contributed by atoms with van der Waals surface area (Å²) in [4.78, 5) is 15.4. The van der Waals surface area contributed by atoms with Crippen molar-refractivity contribution in [2.75, 3.05) is 17.7 Å². The van der Waals surface area contributed by atoms with Crippen LogP contribution < -0.4 is 11.1 Å². The number of carbonyl (C=O) groups is 1. The zero-order chi connectivity index (χ0) is 12.2. The first kappa shape index (κ1) is 12.4. The zero-order valence-electron chi connectivity index (χ0n) is 9.78. The number of nitrogen functional groups attached to an aromatic ring is 1. The summed E-state index contributed by atoms with van der Waals surface area (Å²) in [5.74, 6) is 0.102. The van der Waals surface area contributed by atoms with E-state index in [1.54, 1.807) is 18.3 Å². The molecule has 5 heteroatoms. The van der Waals surface area contributed by atoms with Crippen LogP contribution in [0.5, 0.6) is 0 Å². The number of aromatic nitrogens is 1. The summed E-state index contributed by atoms with van der Waals surface area (Å²) >= 11 is 0. The van der Waals surface area contributed by atoms with Crippen molar-refractivity contribution in [3.05, 3.63) is 18.3 Å². The van der Waals surface area contributed by atoms with E-state index in [2.05, 4.69) is 10.3 Å². The highest BCUT2D eigenvalue weighted by atomic mass is 16.5. The predicted molar refractivity (Wildman–Crippen MR) is 63.0 cm³/mol. The van der Waals surface area contributed by atoms with E-state index in [1.807, 2.05) is 20.8 Å². The number of hydrogen-bond acceptors (Lipinski definition) is 4. The fraction of sp³-hybridized carbons (Fsp3) is 0.455. The molecular formula is C11H17N3O2. The molecule has 0 fully saturated rings. The van der Waals surface area contributed by atoms with E-state index in [0.717, 1.165) is 0 Å². The fourth-order valence-electron chi connectivity index (χ4n) is 0.972. The van der Waals surface area contributed by atoms with Gasteiger partial charge in [0.15, 0.2) is 5.82 Å². The molecule has 88 valence electrons. The van der Waals surface area contributed by atoms with Crippen LogP contribution >= 0.6 is 0 Å². The molecule has 0 radical (unpaired) electrons. The van der Waals surface area contributed by atoms with Crippen molar-refractivity contribution in [2.45, 2.75) is 26.4 Å². The van der Waals surface area contributed by atoms with Gasteiger partial charge in [0.2, 0.25) is 0 Å². The van der Waals surface area contributed by atoms with E-state index in [1.165, 1.54) is 0 Å². The number of nitrogens with two attached hydrogens (primary N) is 1. The smallest absolute Gasteiger partial charge is 0.251 e. The van der Waals surface area contributed by atoms with E-state index >= 15 is 0 Å². The van der Waals surface area contributed by atoms with Gasteiger partial charge < -0.3 is 15.8 Å². The summed E-state index contributed by atoms with van der Waals surface area (Å²) in [6.45, 7) is 5.64. The van der Waals surface area contributed by atoms with Gasteiger partial charge in [-0.05, 0) is 32.9 Å². The van der Waals surface area contributed by atoms with E-state index in [4.69, 9.17) is 10.5 Å². The maximum Gasteiger partial charge on any atom is 0.251 e. The zero-order valence-corrected chi connectivity index (χ0v) is 9.78. The third-order valence-corrected chi connectivity index (χ3v) is 1.73. The van der Waals surface area contributed by atoms with Gasteiger partial charge in [0.1, 0.15) is 6.61 Å². The number of nitrogens with one attached hydrogen (secondary N) is 1. The van der Waals surface area contributed by atoms with Gasteiger partial charge in [-0.2, -0.15) is 0 Å². The number of pyridine rings is 1. The van der Waals surface area contributed by atoms with Crippen molar-refractivity contribution >= 4 is 17.4 Å². The van der Waals surface area contributed by atoms with E-state index in [-0.39, 0.29) is 18.1 Å². The van der Waals surface area contributed by atoms with Crippen LogP contribution in [0.3, 0.4) is 0 Å². The lowest BCUT2D eigenvalue weighted by Gasteiger charge is -2.18. The summed E-state index contributed by atoms with van der Waals surface area (Å²) in [6.07, 6.45) is 1.57. The van der Waals surface area contributed by atoms with E-state index in [0.29, 0.717) is 11.5 Å². The number of carbonyl (C=O) groups excluding carboxylic acids is 1. The van der Waals surface area contributed by atoms with Crippen LogP contribution in [-0.2, 0) is 9.53 Å². The summed E-state index contributed by atoms with van der Waals surface area (Å²) in [5.41, 5.74) is 5.73. The Kier molecular flexibility index (Phi) is 3.84. The number of ether oxygens (including phenoxy) is 1. The van der Waals surface area contributed by atoms with Gasteiger partial charge in [0.05, 0.1) is 11.3 Å². The molecule has 1 heterocycles. The first-order valence-electron chi connectivity index (χ1n) is 5.03. The predicted octanol–water partition coefficient (Wildman–Crippen LogP) is 1.42. The molecule has 0 saturated carbocycles. The standard InChI is InChI=1S/C11H17N3O2/c1-11(2,3)16-7-9(15)14-10-8(12)5-4-6-13-10/h4-6H,7,12H2,1-3H3,(H,13,14,15). The molecule has 0 aliphatic carbocycles. The summed E-state index contributed by atoms with van der Waals surface area (Å²) in [6, 6.07) is 3.38. The van der Waals surface area contributed by atoms with Crippen LogP contribution in [-0.4, -0.2) is 23.1 Å². The second-order valence-electron chi connectivity index (χ2n) is 4.39. The first-order valence-corrected chi connectivity index (χ1v) is 5.03. The van der Waals surface area contributed by atoms with Gasteiger partial charge in [0.25, 0.3) is 5.91 Å². The number of anilines is 2. The normalized spacial score (nSPS) is 11.2. The number of hydrogen-bond donors (Lipinski definition) is 2. The third-order valence-electron chi connectivity index (χ3n) is 1.73. The minimum atomic E-state index is -0.340. The molecule has 1 aromatic rings. The Labute approximate surface area is 95.0 Å². The van der Waals surface area contributed by atoms with Crippen molar-refractivity contribution in [1.29, 1.82) is 0 Å². The van der Waals surface area contributed by atoms with Crippen molar-refractivity contribution in [1.82, 2.24) is 4.98 Å². The van der Waals surface area contributed by atoms with Gasteiger partial charge in [-0.25, -0.2) is 4.98 Å². The maximum absolute atomic E-state index is 11.5. The summed E-state index contributed by atoms with van der Waals surface area (Å²) in [5, 5.41) is 2.58. The van der Waals surface area contributed by atoms with Gasteiger partial charge in [-0.3, -0.25) is 4.79 Å². The average Bonchev–Trinajstić information content (AvgIpc) is 2.18. The van der Waals surface area contributed by atoms with E-state index in [9.17, 15) is 4.79 Å². The van der Waals surface area contributed by atoms with Crippen LogP contribution in [0.25, 0.3) is 0 Å². The lowest BCUT2D eigenvalue weighted by Crippen LogP contribution is -2.27. The Balaban J connectivity index is 2.50. The lowest BCUT2D eigenvalue weighted by molar-refractivity contribution is -0.125. The Bertz CT molecular complexity index is 372. The summed E-state index contributed by atoms with van der Waals surface area (Å²) in [7, 11) is 0. The SMILES string of the molecule is CC(C)(C)OCC(=O)Nc1ncccc1N. The topological polar surface area (TPSA) is 77.2 Å². The maximum atomic E-state index is 11.5. The molecule has 1 rings (SSSR count). The second kappa shape index (κ2) is 4.94. The van der Waals surface area contributed by atoms with Crippen LogP contribution in [0.4, 0.5) is 11.5 Å². The van der Waals surface area contributed by atoms with Crippen LogP contribution in [0.1, 0.15) is 20.8 Å². The van der Waals surface area contributed by atoms with Gasteiger partial charge in [-0.1, -0.05) is 0 Å². The molecule has 16 heavy (non-hydrogen) atoms. The molecule has 0 aliphatic rings. The molecule has 0 aliphatic heterocycles. The Morgan fingerprint density at radius 2 is 2.25 bits per heavy atom. The van der Waals surface area contributed by atoms with Gasteiger partial charge in [0, 0.05) is 6.20 Å². The molecule has 0 spiro atoms. The van der Waals surface area contributed by atoms with Crippen LogP contribution in [0.2, 0.25) is 0 Å². The molecular weight excluding hydrogens is 206 g/mol. The molecule has 1 amide bonds. The largest absolute Gasteiger partial charge is 0.396 e. The first-order chi connectivity index (χ1) is 7.38. The highest BCUT2D eigenvalue weighted by molar-refractivity contribution is 5.93. The monoisotopic (exact) mass is 223 g/mol. The van der Waals surface area contributed by atoms with Crippen molar-refractivity contribution in [3.8, 4) is 0 Å². The van der Waals surface area contributed by atoms with E-state index < -0.39 is 0 Å². The number of amides is 1. The second-order valence-corrected chi connectivity index (χ2v) is 4.39. The van der Waals surface area contributed by atoms with Gasteiger partial charge >= 0.3 is 0 Å². The molecule has 5 nitrogen and oxygen atoms in total. The Morgan fingerprint density at radius 3 is 2.81 bits per heavy atom. The van der Waals surface area contributed by atoms with Crippen molar-refractivity contribution < 1.29 is 9.53 Å². The minimum Gasteiger partial charge on any atom is -0.396 e. The van der Waals surface area contributed by atoms with Crippen LogP contribution in [0, 0.1) is 0 Å². The molecule has 0 bridgehead atoms. The van der Waals surface area contributed by atoms with Crippen LogP contribution in [0.15, 0.2) is 18.3 Å². The number of nitrogens with zero attached hydrogens (tertiary/aromatic N) is 1. The van der Waals surface area contributed by atoms with Crippen molar-refractivity contribution in [2.24, 2.45) is 0 Å². The average molecular weight is 223 g/mol. The lowest BCUT2D eigenvalue weighted by atomic mass is 10.2. The van der Waals surface area contributed by atoms with Crippen molar-refractivity contribution in [3.63, 3.8) is 0 Å². The summed E-state index contributed by atoms with van der Waals surface area (Å²) < 4.78 is 5.32. The molecule has 0 unspecified atom stereocenters. The quantitative estimate of drug-likeness (QED) is 0.812. The highest BCUT2D eigenvalue weighted by Gasteiger charge is 2.13. The fourth-order valence-corrected chi connectivity index (χ4v) is 0.972. The molecule has 3 N–H and O–H groups in total. The van der Waals surface area contributed by atoms with Gasteiger partial charge in [-0.15, -0.1) is 0 Å². The minimum absolute atomic E-state index is 0.0144. The molecule has 0 saturated heterocycles. The molecule has 1 aromatic heterocycles. The molecule has 0 aromatic carbocycles. The third kappa shape index (κ3) is 4.27. The Hall–Kier alpha value is -1.62. The Morgan fingerprint density at radius 1 is 1.56 bits per heavy atom. The number of rotatable bonds is 3. The molecule has 0 atom stereocenters. The highest BCUT2D eigenvalue weighted by Crippen LogP contribution is 2.13.